The van der Waals surface area contributed by atoms with Crippen LogP contribution in [0.2, 0.25) is 0 Å². The van der Waals surface area contributed by atoms with Gasteiger partial charge in [-0.15, -0.1) is 0 Å². The number of aromatic nitrogens is 1. The van der Waals surface area contributed by atoms with E-state index < -0.39 is 0 Å². The van der Waals surface area contributed by atoms with Crippen LogP contribution in [0.1, 0.15) is 50.5 Å². The molecule has 0 amide bonds. The van der Waals surface area contributed by atoms with Crippen LogP contribution in [0.4, 0.5) is 0 Å². The van der Waals surface area contributed by atoms with Gasteiger partial charge in [-0.2, -0.15) is 0 Å². The van der Waals surface area contributed by atoms with Gasteiger partial charge in [0.05, 0.1) is 22.3 Å². The fourth-order valence-corrected chi connectivity index (χ4v) is 5.59. The third-order valence-electron chi connectivity index (χ3n) is 4.99. The van der Waals surface area contributed by atoms with Crippen LogP contribution in [0.15, 0.2) is 52.1 Å². The number of hydrogen-bond acceptors (Lipinski definition) is 5. The van der Waals surface area contributed by atoms with Crippen LogP contribution in [-0.4, -0.2) is 33.0 Å². The molecule has 0 N–H and O–H groups in total. The van der Waals surface area contributed by atoms with E-state index in [4.69, 9.17) is 9.73 Å². The summed E-state index contributed by atoms with van der Waals surface area (Å²) in [5.74, 6) is 1.99. The standard InChI is InChI=1S/C21H24BrN3OS/c1-4-15-12-27-21-24-19(17-7-5-6-10-23-17)20(25(15)21)14-8-9-18(16(22)11-14)26-13(2)3/h5-11,13,15,19-20H,4,12H2,1-3H3/t15-,19+,20+/m1/s1. The zero-order valence-corrected chi connectivity index (χ0v) is 18.2. The topological polar surface area (TPSA) is 37.7 Å². The van der Waals surface area contributed by atoms with Crippen molar-refractivity contribution in [3.8, 4) is 5.75 Å². The smallest absolute Gasteiger partial charge is 0.160 e. The van der Waals surface area contributed by atoms with E-state index in [1.54, 1.807) is 0 Å². The second-order valence-corrected chi connectivity index (χ2v) is 9.03. The van der Waals surface area contributed by atoms with Crippen molar-refractivity contribution in [2.45, 2.75) is 51.4 Å². The van der Waals surface area contributed by atoms with Crippen molar-refractivity contribution in [3.63, 3.8) is 0 Å². The van der Waals surface area contributed by atoms with Crippen molar-refractivity contribution in [1.82, 2.24) is 9.88 Å². The number of halogens is 1. The summed E-state index contributed by atoms with van der Waals surface area (Å²) in [5, 5.41) is 1.15. The van der Waals surface area contributed by atoms with Crippen LogP contribution in [0.5, 0.6) is 5.75 Å². The summed E-state index contributed by atoms with van der Waals surface area (Å²) in [5.41, 5.74) is 2.27. The van der Waals surface area contributed by atoms with Crippen LogP contribution in [0, 0.1) is 0 Å². The zero-order valence-electron chi connectivity index (χ0n) is 15.8. The highest BCUT2D eigenvalue weighted by atomic mass is 79.9. The highest BCUT2D eigenvalue weighted by Gasteiger charge is 2.45. The molecule has 1 aromatic carbocycles. The number of hydrogen-bond donors (Lipinski definition) is 0. The normalized spacial score (nSPS) is 24.3. The lowest BCUT2D eigenvalue weighted by Gasteiger charge is -2.32. The number of aliphatic imine (C=N–C) groups is 1. The van der Waals surface area contributed by atoms with Crippen LogP contribution < -0.4 is 4.74 Å². The monoisotopic (exact) mass is 445 g/mol. The highest BCUT2D eigenvalue weighted by Crippen LogP contribution is 2.49. The Kier molecular flexibility index (Phi) is 5.46. The Bertz CT molecular complexity index is 843. The summed E-state index contributed by atoms with van der Waals surface area (Å²) in [4.78, 5) is 12.2. The lowest BCUT2D eigenvalue weighted by atomic mass is 9.95. The van der Waals surface area contributed by atoms with Crippen molar-refractivity contribution in [1.29, 1.82) is 0 Å². The van der Waals surface area contributed by atoms with Gasteiger partial charge in [-0.05, 0) is 66.0 Å². The van der Waals surface area contributed by atoms with E-state index in [2.05, 4.69) is 57.0 Å². The van der Waals surface area contributed by atoms with Gasteiger partial charge in [-0.25, -0.2) is 0 Å². The predicted octanol–water partition coefficient (Wildman–Crippen LogP) is 5.61. The first-order valence-electron chi connectivity index (χ1n) is 9.44. The zero-order chi connectivity index (χ0) is 19.0. The fourth-order valence-electron chi connectivity index (χ4n) is 3.76. The number of rotatable bonds is 5. The number of nitrogens with zero attached hydrogens (tertiary/aromatic N) is 3. The maximum Gasteiger partial charge on any atom is 0.160 e. The lowest BCUT2D eigenvalue weighted by molar-refractivity contribution is 0.239. The number of benzene rings is 1. The molecule has 142 valence electrons. The van der Waals surface area contributed by atoms with Gasteiger partial charge < -0.3 is 9.64 Å². The first-order valence-corrected chi connectivity index (χ1v) is 11.2. The quantitative estimate of drug-likeness (QED) is 0.598. The van der Waals surface area contributed by atoms with Crippen molar-refractivity contribution in [3.05, 3.63) is 58.3 Å². The molecule has 4 nitrogen and oxygen atoms in total. The maximum absolute atomic E-state index is 5.90. The van der Waals surface area contributed by atoms with Gasteiger partial charge in [0, 0.05) is 18.0 Å². The van der Waals surface area contributed by atoms with E-state index in [1.165, 1.54) is 5.56 Å². The predicted molar refractivity (Wildman–Crippen MR) is 115 cm³/mol. The first kappa shape index (κ1) is 18.8. The molecule has 1 aromatic heterocycles. The Balaban J connectivity index is 1.74. The van der Waals surface area contributed by atoms with Gasteiger partial charge in [0.2, 0.25) is 0 Å². The van der Waals surface area contributed by atoms with Crippen LogP contribution in [0.25, 0.3) is 0 Å². The molecule has 2 aromatic rings. The van der Waals surface area contributed by atoms with E-state index in [9.17, 15) is 0 Å². The molecular formula is C21H24BrN3OS. The molecule has 1 saturated heterocycles. The largest absolute Gasteiger partial charge is 0.490 e. The van der Waals surface area contributed by atoms with E-state index >= 15 is 0 Å². The van der Waals surface area contributed by atoms with Crippen molar-refractivity contribution in [2.75, 3.05) is 5.75 Å². The number of ether oxygens (including phenoxy) is 1. The first-order chi connectivity index (χ1) is 13.1. The Morgan fingerprint density at radius 2 is 2.15 bits per heavy atom. The second-order valence-electron chi connectivity index (χ2n) is 7.19. The number of thioether (sulfide) groups is 1. The molecule has 3 heterocycles. The maximum atomic E-state index is 5.90. The van der Waals surface area contributed by atoms with Gasteiger partial charge in [-0.3, -0.25) is 9.98 Å². The second kappa shape index (κ2) is 7.84. The molecular weight excluding hydrogens is 422 g/mol. The number of amidine groups is 1. The lowest BCUT2D eigenvalue weighted by Crippen LogP contribution is -2.35. The molecule has 0 bridgehead atoms. The van der Waals surface area contributed by atoms with E-state index in [-0.39, 0.29) is 18.2 Å². The molecule has 2 aliphatic rings. The van der Waals surface area contributed by atoms with E-state index in [0.29, 0.717) is 6.04 Å². The Morgan fingerprint density at radius 3 is 2.81 bits per heavy atom. The van der Waals surface area contributed by atoms with Crippen LogP contribution in [0.3, 0.4) is 0 Å². The van der Waals surface area contributed by atoms with Crippen molar-refractivity contribution < 1.29 is 4.74 Å². The Morgan fingerprint density at radius 1 is 1.30 bits per heavy atom. The average Bonchev–Trinajstić information content (AvgIpc) is 3.22. The number of fused-ring (bicyclic) bond motifs is 1. The van der Waals surface area contributed by atoms with Crippen molar-refractivity contribution >= 4 is 32.9 Å². The van der Waals surface area contributed by atoms with Gasteiger partial charge in [0.25, 0.3) is 0 Å². The minimum atomic E-state index is 0.0202. The van der Waals surface area contributed by atoms with Gasteiger partial charge in [0.1, 0.15) is 11.8 Å². The number of pyridine rings is 1. The SMILES string of the molecule is CC[C@@H]1CSC2=N[C@@H](c3ccccn3)[C@H](c3ccc(OC(C)C)c(Br)c3)N21. The minimum absolute atomic E-state index is 0.0202. The highest BCUT2D eigenvalue weighted by molar-refractivity contribution is 9.10. The molecule has 1 fully saturated rings. The van der Waals surface area contributed by atoms with Gasteiger partial charge in [-0.1, -0.05) is 30.8 Å². The molecule has 0 saturated carbocycles. The third kappa shape index (κ3) is 3.61. The molecule has 0 radical (unpaired) electrons. The van der Waals surface area contributed by atoms with Crippen molar-refractivity contribution in [2.24, 2.45) is 4.99 Å². The fraction of sp³-hybridized carbons (Fsp3) is 0.429. The van der Waals surface area contributed by atoms with E-state index in [0.717, 1.165) is 33.3 Å². The molecule has 27 heavy (non-hydrogen) atoms. The molecule has 4 rings (SSSR count). The summed E-state index contributed by atoms with van der Waals surface area (Å²) >= 11 is 5.57. The van der Waals surface area contributed by atoms with Gasteiger partial charge in [0.15, 0.2) is 5.17 Å². The van der Waals surface area contributed by atoms with Crippen LogP contribution >= 0.6 is 27.7 Å². The molecule has 6 heteroatoms. The van der Waals surface area contributed by atoms with Gasteiger partial charge >= 0.3 is 0 Å². The summed E-state index contributed by atoms with van der Waals surface area (Å²) in [6.45, 7) is 6.35. The Labute approximate surface area is 173 Å². The third-order valence-corrected chi connectivity index (χ3v) is 6.74. The molecule has 3 atom stereocenters. The molecule has 0 unspecified atom stereocenters. The summed E-state index contributed by atoms with van der Waals surface area (Å²) in [6, 6.07) is 13.2. The summed E-state index contributed by atoms with van der Waals surface area (Å²) in [6.07, 6.45) is 3.12. The molecule has 0 aliphatic carbocycles. The summed E-state index contributed by atoms with van der Waals surface area (Å²) < 4.78 is 6.89. The minimum Gasteiger partial charge on any atom is -0.490 e. The average molecular weight is 446 g/mol. The molecule has 2 aliphatic heterocycles. The molecule has 0 spiro atoms. The summed E-state index contributed by atoms with van der Waals surface area (Å²) in [7, 11) is 0. The van der Waals surface area contributed by atoms with E-state index in [1.807, 2.05) is 43.9 Å². The van der Waals surface area contributed by atoms with Crippen LogP contribution in [-0.2, 0) is 0 Å². The Hall–Kier alpha value is -1.53.